The Morgan fingerprint density at radius 3 is 2.23 bits per heavy atom. The maximum absolute atomic E-state index is 11.8. The molecule has 3 heterocycles. The number of carbonyl (C=O) groups excluding carboxylic acids is 2. The van der Waals surface area contributed by atoms with E-state index in [1.54, 1.807) is 18.0 Å². The summed E-state index contributed by atoms with van der Waals surface area (Å²) < 4.78 is 5.05. The molecule has 2 amide bonds. The molecule has 0 saturated carbocycles. The minimum atomic E-state index is -0.251. The van der Waals surface area contributed by atoms with E-state index >= 15 is 0 Å². The minimum Gasteiger partial charge on any atom is -0.450 e. The molecule has 1 aromatic heterocycles. The number of piperazine rings is 2. The van der Waals surface area contributed by atoms with Gasteiger partial charge in [0.2, 0.25) is 11.9 Å². The van der Waals surface area contributed by atoms with Gasteiger partial charge in [-0.3, -0.25) is 4.79 Å². The number of ether oxygens (including phenoxy) is 1. The average molecular weight is 362 g/mol. The fraction of sp³-hybridized carbons (Fsp3) is 0.647. The predicted octanol–water partition coefficient (Wildman–Crippen LogP) is 0.424. The Morgan fingerprint density at radius 2 is 1.62 bits per heavy atom. The Morgan fingerprint density at radius 1 is 1.00 bits per heavy atom. The highest BCUT2D eigenvalue weighted by atomic mass is 16.6. The third kappa shape index (κ3) is 4.14. The summed E-state index contributed by atoms with van der Waals surface area (Å²) in [4.78, 5) is 40.2. The maximum atomic E-state index is 11.8. The molecular weight excluding hydrogens is 336 g/mol. The number of aromatic nitrogens is 2. The molecule has 2 aliphatic rings. The van der Waals surface area contributed by atoms with Crippen LogP contribution in [0.5, 0.6) is 0 Å². The molecule has 2 fully saturated rings. The van der Waals surface area contributed by atoms with Gasteiger partial charge in [0.05, 0.1) is 6.61 Å². The molecule has 0 aromatic carbocycles. The van der Waals surface area contributed by atoms with E-state index in [0.717, 1.165) is 18.9 Å². The van der Waals surface area contributed by atoms with E-state index in [1.165, 1.54) is 0 Å². The first-order valence-corrected chi connectivity index (χ1v) is 9.08. The summed E-state index contributed by atoms with van der Waals surface area (Å²) in [5.41, 5.74) is 0. The first-order chi connectivity index (χ1) is 12.6. The lowest BCUT2D eigenvalue weighted by molar-refractivity contribution is -0.129. The number of hydrogen-bond donors (Lipinski definition) is 0. The zero-order valence-corrected chi connectivity index (χ0v) is 15.4. The molecule has 0 N–H and O–H groups in total. The lowest BCUT2D eigenvalue weighted by Gasteiger charge is -2.36. The van der Waals surface area contributed by atoms with Gasteiger partial charge in [-0.25, -0.2) is 9.78 Å². The van der Waals surface area contributed by atoms with Crippen molar-refractivity contribution in [1.82, 2.24) is 19.8 Å². The second-order valence-electron chi connectivity index (χ2n) is 6.38. The number of hydrogen-bond acceptors (Lipinski definition) is 7. The molecule has 0 unspecified atom stereocenters. The molecule has 0 bridgehead atoms. The van der Waals surface area contributed by atoms with Crippen LogP contribution >= 0.6 is 0 Å². The van der Waals surface area contributed by atoms with Gasteiger partial charge in [-0.05, 0) is 13.0 Å². The van der Waals surface area contributed by atoms with Crippen molar-refractivity contribution in [1.29, 1.82) is 0 Å². The summed E-state index contributed by atoms with van der Waals surface area (Å²) in [5.74, 6) is 1.67. The van der Waals surface area contributed by atoms with E-state index in [4.69, 9.17) is 9.72 Å². The smallest absolute Gasteiger partial charge is 0.409 e. The van der Waals surface area contributed by atoms with Crippen molar-refractivity contribution in [2.45, 2.75) is 13.8 Å². The first-order valence-electron chi connectivity index (χ1n) is 9.08. The Hall–Kier alpha value is -2.58. The maximum Gasteiger partial charge on any atom is 0.409 e. The molecule has 2 aliphatic heterocycles. The van der Waals surface area contributed by atoms with Gasteiger partial charge < -0.3 is 24.3 Å². The van der Waals surface area contributed by atoms with Crippen LogP contribution in [0, 0.1) is 0 Å². The van der Waals surface area contributed by atoms with Crippen LogP contribution in [0.4, 0.5) is 16.6 Å². The second kappa shape index (κ2) is 8.20. The largest absolute Gasteiger partial charge is 0.450 e. The molecule has 0 spiro atoms. The molecule has 2 saturated heterocycles. The predicted molar refractivity (Wildman–Crippen MR) is 97.3 cm³/mol. The van der Waals surface area contributed by atoms with Crippen LogP contribution in [0.15, 0.2) is 12.3 Å². The SMILES string of the molecule is CCOC(=O)N1CCN(c2ccnc(N3CCN(C(C)=O)CC3)n2)CC1. The summed E-state index contributed by atoms with van der Waals surface area (Å²) in [7, 11) is 0. The van der Waals surface area contributed by atoms with Crippen LogP contribution in [-0.2, 0) is 9.53 Å². The van der Waals surface area contributed by atoms with Gasteiger partial charge in [0.15, 0.2) is 0 Å². The van der Waals surface area contributed by atoms with E-state index in [0.29, 0.717) is 51.8 Å². The molecule has 1 aromatic rings. The summed E-state index contributed by atoms with van der Waals surface area (Å²) >= 11 is 0. The van der Waals surface area contributed by atoms with Crippen LogP contribution in [0.2, 0.25) is 0 Å². The molecule has 142 valence electrons. The molecule has 3 rings (SSSR count). The number of rotatable bonds is 3. The summed E-state index contributed by atoms with van der Waals surface area (Å²) in [6, 6.07) is 1.90. The van der Waals surface area contributed by atoms with Crippen molar-refractivity contribution in [2.75, 3.05) is 68.8 Å². The van der Waals surface area contributed by atoms with Gasteiger partial charge in [-0.1, -0.05) is 0 Å². The van der Waals surface area contributed by atoms with E-state index in [9.17, 15) is 9.59 Å². The lowest BCUT2D eigenvalue weighted by Crippen LogP contribution is -2.50. The van der Waals surface area contributed by atoms with Crippen molar-refractivity contribution in [2.24, 2.45) is 0 Å². The Kier molecular flexibility index (Phi) is 5.75. The van der Waals surface area contributed by atoms with Crippen molar-refractivity contribution in [3.63, 3.8) is 0 Å². The normalized spacial score (nSPS) is 18.1. The zero-order chi connectivity index (χ0) is 18.5. The molecular formula is C17H26N6O3. The minimum absolute atomic E-state index is 0.110. The fourth-order valence-corrected chi connectivity index (χ4v) is 3.22. The van der Waals surface area contributed by atoms with Crippen LogP contribution in [0.25, 0.3) is 0 Å². The van der Waals surface area contributed by atoms with Crippen LogP contribution < -0.4 is 9.80 Å². The summed E-state index contributed by atoms with van der Waals surface area (Å²) in [6.07, 6.45) is 1.52. The molecule has 9 nitrogen and oxygen atoms in total. The monoisotopic (exact) mass is 362 g/mol. The number of amides is 2. The Labute approximate surface area is 153 Å². The first kappa shape index (κ1) is 18.2. The van der Waals surface area contributed by atoms with Crippen molar-refractivity contribution >= 4 is 23.8 Å². The van der Waals surface area contributed by atoms with Gasteiger partial charge in [0.1, 0.15) is 5.82 Å². The standard InChI is InChI=1S/C17H26N6O3/c1-3-26-17(25)23-12-8-21(9-13-23)15-4-5-18-16(19-15)22-10-6-20(7-11-22)14(2)24/h4-5H,3,6-13H2,1-2H3. The third-order valence-corrected chi connectivity index (χ3v) is 4.77. The molecule has 26 heavy (non-hydrogen) atoms. The van der Waals surface area contributed by atoms with E-state index in [1.807, 2.05) is 17.9 Å². The quantitative estimate of drug-likeness (QED) is 0.771. The van der Waals surface area contributed by atoms with Crippen molar-refractivity contribution in [3.8, 4) is 0 Å². The molecule has 0 radical (unpaired) electrons. The molecule has 9 heteroatoms. The highest BCUT2D eigenvalue weighted by Crippen LogP contribution is 2.18. The van der Waals surface area contributed by atoms with Crippen LogP contribution in [0.1, 0.15) is 13.8 Å². The summed E-state index contributed by atoms with van der Waals surface area (Å²) in [6.45, 7) is 9.34. The van der Waals surface area contributed by atoms with Gasteiger partial charge in [0, 0.05) is 65.5 Å². The Balaban J connectivity index is 1.58. The van der Waals surface area contributed by atoms with Gasteiger partial charge in [-0.2, -0.15) is 4.98 Å². The van der Waals surface area contributed by atoms with Gasteiger partial charge in [0.25, 0.3) is 0 Å². The average Bonchev–Trinajstić information content (AvgIpc) is 2.68. The highest BCUT2D eigenvalue weighted by Gasteiger charge is 2.24. The molecule has 0 atom stereocenters. The number of nitrogens with zero attached hydrogens (tertiary/aromatic N) is 6. The summed E-state index contributed by atoms with van der Waals surface area (Å²) in [5, 5.41) is 0. The lowest BCUT2D eigenvalue weighted by atomic mass is 10.3. The van der Waals surface area contributed by atoms with E-state index in [2.05, 4.69) is 14.8 Å². The zero-order valence-electron chi connectivity index (χ0n) is 15.4. The number of anilines is 2. The molecule has 0 aliphatic carbocycles. The van der Waals surface area contributed by atoms with Crippen molar-refractivity contribution < 1.29 is 14.3 Å². The topological polar surface area (TPSA) is 82.1 Å². The van der Waals surface area contributed by atoms with Crippen molar-refractivity contribution in [3.05, 3.63) is 12.3 Å². The van der Waals surface area contributed by atoms with E-state index < -0.39 is 0 Å². The van der Waals surface area contributed by atoms with Crippen LogP contribution in [0.3, 0.4) is 0 Å². The second-order valence-corrected chi connectivity index (χ2v) is 6.38. The van der Waals surface area contributed by atoms with Crippen LogP contribution in [-0.4, -0.2) is 90.7 Å². The number of carbonyl (C=O) groups is 2. The van der Waals surface area contributed by atoms with E-state index in [-0.39, 0.29) is 12.0 Å². The fourth-order valence-electron chi connectivity index (χ4n) is 3.22. The van der Waals surface area contributed by atoms with Gasteiger partial charge in [-0.15, -0.1) is 0 Å². The highest BCUT2D eigenvalue weighted by molar-refractivity contribution is 5.73. The van der Waals surface area contributed by atoms with Gasteiger partial charge >= 0.3 is 6.09 Å². The third-order valence-electron chi connectivity index (χ3n) is 4.77. The Bertz CT molecular complexity index is 639.